The second-order valence-electron chi connectivity index (χ2n) is 2.89. The Balaban J connectivity index is 3.04. The first-order chi connectivity index (χ1) is 7.00. The van der Waals surface area contributed by atoms with Crippen LogP contribution in [0.2, 0.25) is 0 Å². The molecule has 0 amide bonds. The highest BCUT2D eigenvalue weighted by molar-refractivity contribution is 9.10. The topological polar surface area (TPSA) is 32.9 Å². The van der Waals surface area contributed by atoms with Gasteiger partial charge in [0.1, 0.15) is 11.6 Å². The molecule has 2 rings (SSSR count). The van der Waals surface area contributed by atoms with Gasteiger partial charge in [-0.05, 0) is 44.0 Å². The minimum Gasteiger partial charge on any atom is -0.318 e. The van der Waals surface area contributed by atoms with Crippen molar-refractivity contribution < 1.29 is 8.78 Å². The van der Waals surface area contributed by atoms with E-state index < -0.39 is 17.2 Å². The summed E-state index contributed by atoms with van der Waals surface area (Å²) < 4.78 is 27.1. The van der Waals surface area contributed by atoms with E-state index in [1.54, 1.807) is 0 Å². The minimum atomic E-state index is -0.678. The van der Waals surface area contributed by atoms with Crippen molar-refractivity contribution in [1.82, 2.24) is 4.98 Å². The number of nitrogens with one attached hydrogen (secondary N) is 1. The SMILES string of the molecule is O=c1[nH]c2c(F)cc(Br)c(F)c2cc1Br. The van der Waals surface area contributed by atoms with Gasteiger partial charge in [0.15, 0.2) is 0 Å². The van der Waals surface area contributed by atoms with Crippen molar-refractivity contribution in [3.8, 4) is 0 Å². The Hall–Kier alpha value is -0.750. The third kappa shape index (κ3) is 1.72. The number of H-pyrrole nitrogens is 1. The third-order valence-corrected chi connectivity index (χ3v) is 3.10. The summed E-state index contributed by atoms with van der Waals surface area (Å²) in [5, 5.41) is 0.0216. The van der Waals surface area contributed by atoms with Crippen LogP contribution in [0.4, 0.5) is 8.78 Å². The van der Waals surface area contributed by atoms with Gasteiger partial charge in [-0.25, -0.2) is 8.78 Å². The van der Waals surface area contributed by atoms with Gasteiger partial charge in [0.2, 0.25) is 0 Å². The zero-order chi connectivity index (χ0) is 11.2. The number of halogens is 4. The molecule has 1 N–H and O–H groups in total. The number of hydrogen-bond donors (Lipinski definition) is 1. The molecule has 0 bridgehead atoms. The number of aromatic nitrogens is 1. The first-order valence-electron chi connectivity index (χ1n) is 3.86. The Bertz CT molecular complexity index is 609. The first-order valence-corrected chi connectivity index (χ1v) is 5.45. The number of pyridine rings is 1. The second-order valence-corrected chi connectivity index (χ2v) is 4.60. The van der Waals surface area contributed by atoms with Gasteiger partial charge in [0, 0.05) is 5.39 Å². The van der Waals surface area contributed by atoms with Crippen molar-refractivity contribution in [3.63, 3.8) is 0 Å². The fourth-order valence-electron chi connectivity index (χ4n) is 1.24. The van der Waals surface area contributed by atoms with Crippen molar-refractivity contribution in [3.05, 3.63) is 43.1 Å². The van der Waals surface area contributed by atoms with Gasteiger partial charge in [-0.15, -0.1) is 0 Å². The van der Waals surface area contributed by atoms with Crippen molar-refractivity contribution in [2.45, 2.75) is 0 Å². The van der Waals surface area contributed by atoms with E-state index in [1.807, 2.05) is 0 Å². The molecular weight excluding hydrogens is 336 g/mol. The molecule has 6 heteroatoms. The smallest absolute Gasteiger partial charge is 0.262 e. The number of hydrogen-bond acceptors (Lipinski definition) is 1. The van der Waals surface area contributed by atoms with E-state index in [1.165, 1.54) is 6.07 Å². The molecule has 0 fully saturated rings. The van der Waals surface area contributed by atoms with E-state index in [4.69, 9.17) is 0 Å². The molecule has 1 aromatic carbocycles. The molecule has 0 unspecified atom stereocenters. The quantitative estimate of drug-likeness (QED) is 0.734. The maximum atomic E-state index is 13.5. The Morgan fingerprint density at radius 3 is 2.47 bits per heavy atom. The van der Waals surface area contributed by atoms with Crippen LogP contribution in [0.25, 0.3) is 10.9 Å². The van der Waals surface area contributed by atoms with Gasteiger partial charge in [-0.2, -0.15) is 0 Å². The van der Waals surface area contributed by atoms with Gasteiger partial charge in [0.25, 0.3) is 5.56 Å². The standard InChI is InChI=1S/C9H3Br2F2NO/c10-4-2-6(12)8-3(7(4)13)1-5(11)9(15)14-8/h1-2H,(H,14,15). The Kier molecular flexibility index (Phi) is 2.64. The molecular formula is C9H3Br2F2NO. The van der Waals surface area contributed by atoms with Crippen molar-refractivity contribution in [1.29, 1.82) is 0 Å². The maximum absolute atomic E-state index is 13.5. The molecule has 0 aliphatic carbocycles. The van der Waals surface area contributed by atoms with E-state index in [0.29, 0.717) is 0 Å². The van der Waals surface area contributed by atoms with Crippen molar-refractivity contribution >= 4 is 42.8 Å². The fraction of sp³-hybridized carbons (Fsp3) is 0. The lowest BCUT2D eigenvalue weighted by atomic mass is 10.2. The third-order valence-electron chi connectivity index (χ3n) is 1.93. The largest absolute Gasteiger partial charge is 0.318 e. The van der Waals surface area contributed by atoms with Gasteiger partial charge in [-0.3, -0.25) is 4.79 Å². The lowest BCUT2D eigenvalue weighted by Crippen LogP contribution is -2.07. The summed E-state index contributed by atoms with van der Waals surface area (Å²) in [6.07, 6.45) is 0. The van der Waals surface area contributed by atoms with E-state index >= 15 is 0 Å². The number of aromatic amines is 1. The van der Waals surface area contributed by atoms with Gasteiger partial charge in [0.05, 0.1) is 14.5 Å². The summed E-state index contributed by atoms with van der Waals surface area (Å²) in [5.74, 6) is -1.29. The molecule has 1 aromatic heterocycles. The number of fused-ring (bicyclic) bond motifs is 1. The van der Waals surface area contributed by atoms with Crippen LogP contribution in [0.3, 0.4) is 0 Å². The lowest BCUT2D eigenvalue weighted by molar-refractivity contribution is 0.609. The number of benzene rings is 1. The molecule has 0 aliphatic heterocycles. The number of rotatable bonds is 0. The highest BCUT2D eigenvalue weighted by Gasteiger charge is 2.12. The second kappa shape index (κ2) is 3.68. The maximum Gasteiger partial charge on any atom is 0.262 e. The van der Waals surface area contributed by atoms with E-state index in [2.05, 4.69) is 36.8 Å². The average molecular weight is 339 g/mol. The molecule has 2 aromatic rings. The summed E-state index contributed by atoms with van der Waals surface area (Å²) in [6, 6.07) is 2.22. The van der Waals surface area contributed by atoms with Crippen LogP contribution in [-0.4, -0.2) is 4.98 Å². The van der Waals surface area contributed by atoms with Crippen LogP contribution < -0.4 is 5.56 Å². The molecule has 0 radical (unpaired) electrons. The lowest BCUT2D eigenvalue weighted by Gasteiger charge is -2.03. The normalized spacial score (nSPS) is 10.9. The predicted octanol–water partition coefficient (Wildman–Crippen LogP) is 3.33. The van der Waals surface area contributed by atoms with Crippen molar-refractivity contribution in [2.75, 3.05) is 0 Å². The van der Waals surface area contributed by atoms with Crippen LogP contribution in [-0.2, 0) is 0 Å². The van der Waals surface area contributed by atoms with Crippen molar-refractivity contribution in [2.24, 2.45) is 0 Å². The van der Waals surface area contributed by atoms with Crippen LogP contribution in [0, 0.1) is 11.6 Å². The molecule has 0 saturated heterocycles. The zero-order valence-electron chi connectivity index (χ0n) is 7.07. The summed E-state index contributed by atoms with van der Waals surface area (Å²) in [4.78, 5) is 13.4. The minimum absolute atomic E-state index is 0.0199. The summed E-state index contributed by atoms with van der Waals surface area (Å²) in [6.45, 7) is 0. The predicted molar refractivity (Wildman–Crippen MR) is 59.9 cm³/mol. The van der Waals surface area contributed by atoms with Crippen LogP contribution in [0.5, 0.6) is 0 Å². The first kappa shape index (κ1) is 10.8. The fourth-order valence-corrected chi connectivity index (χ4v) is 1.98. The Labute approximate surface area is 99.6 Å². The van der Waals surface area contributed by atoms with E-state index in [0.717, 1.165) is 6.07 Å². The molecule has 0 atom stereocenters. The molecule has 0 spiro atoms. The molecule has 0 saturated carbocycles. The van der Waals surface area contributed by atoms with Gasteiger partial charge < -0.3 is 4.98 Å². The van der Waals surface area contributed by atoms with Gasteiger partial charge in [-0.1, -0.05) is 0 Å². The summed E-state index contributed by atoms with van der Waals surface area (Å²) in [5.41, 5.74) is -0.632. The summed E-state index contributed by atoms with van der Waals surface area (Å²) >= 11 is 5.84. The molecule has 2 nitrogen and oxygen atoms in total. The Morgan fingerprint density at radius 1 is 1.13 bits per heavy atom. The monoisotopic (exact) mass is 337 g/mol. The van der Waals surface area contributed by atoms with Crippen LogP contribution in [0.15, 0.2) is 25.9 Å². The molecule has 0 aliphatic rings. The van der Waals surface area contributed by atoms with Crippen LogP contribution >= 0.6 is 31.9 Å². The molecule has 15 heavy (non-hydrogen) atoms. The Morgan fingerprint density at radius 2 is 1.80 bits per heavy atom. The average Bonchev–Trinajstić information content (AvgIpc) is 2.18. The highest BCUT2D eigenvalue weighted by atomic mass is 79.9. The highest BCUT2D eigenvalue weighted by Crippen LogP contribution is 2.26. The molecule has 78 valence electrons. The molecule has 1 heterocycles. The van der Waals surface area contributed by atoms with E-state index in [9.17, 15) is 13.6 Å². The summed E-state index contributed by atoms with van der Waals surface area (Å²) in [7, 11) is 0. The van der Waals surface area contributed by atoms with Crippen LogP contribution in [0.1, 0.15) is 0 Å². The zero-order valence-corrected chi connectivity index (χ0v) is 10.2. The van der Waals surface area contributed by atoms with Gasteiger partial charge >= 0.3 is 0 Å². The van der Waals surface area contributed by atoms with E-state index in [-0.39, 0.29) is 19.8 Å².